The van der Waals surface area contributed by atoms with E-state index in [1.165, 1.54) is 12.1 Å². The predicted octanol–water partition coefficient (Wildman–Crippen LogP) is 1.01. The molecule has 0 saturated heterocycles. The van der Waals surface area contributed by atoms with Gasteiger partial charge in [-0.1, -0.05) is 6.92 Å². The van der Waals surface area contributed by atoms with Crippen molar-refractivity contribution in [2.75, 3.05) is 11.9 Å². The molecule has 1 atom stereocenters. The fraction of sp³-hybridized carbons (Fsp3) is 0.400. The van der Waals surface area contributed by atoms with Crippen molar-refractivity contribution < 1.29 is 4.92 Å². The van der Waals surface area contributed by atoms with E-state index in [0.29, 0.717) is 12.4 Å². The maximum Gasteiger partial charge on any atom is 0.305 e. The minimum atomic E-state index is -0.632. The van der Waals surface area contributed by atoms with Crippen molar-refractivity contribution >= 4 is 11.5 Å². The first kappa shape index (κ1) is 12.9. The summed E-state index contributed by atoms with van der Waals surface area (Å²) >= 11 is 0. The normalized spacial score (nSPS) is 11.6. The minimum Gasteiger partial charge on any atom is -0.368 e. The second-order valence-corrected chi connectivity index (χ2v) is 3.48. The van der Waals surface area contributed by atoms with Crippen LogP contribution < -0.4 is 11.1 Å². The van der Waals surface area contributed by atoms with Gasteiger partial charge in [0.25, 0.3) is 0 Å². The molecule has 1 aromatic rings. The molecule has 1 heterocycles. The molecular formula is C10H13N5O2. The first-order chi connectivity index (χ1) is 8.08. The topological polar surface area (TPSA) is 118 Å². The molecule has 0 fully saturated rings. The van der Waals surface area contributed by atoms with Gasteiger partial charge in [-0.15, -0.1) is 0 Å². The van der Waals surface area contributed by atoms with E-state index in [0.717, 1.165) is 6.42 Å². The quantitative estimate of drug-likeness (QED) is 0.580. The Balaban J connectivity index is 2.84. The molecule has 0 saturated carbocycles. The van der Waals surface area contributed by atoms with Crippen LogP contribution in [-0.4, -0.2) is 22.5 Å². The van der Waals surface area contributed by atoms with E-state index in [4.69, 9.17) is 11.0 Å². The summed E-state index contributed by atoms with van der Waals surface area (Å²) in [6, 6.07) is 4.39. The smallest absolute Gasteiger partial charge is 0.305 e. The second kappa shape index (κ2) is 5.77. The highest BCUT2D eigenvalue weighted by Gasteiger charge is 2.15. The van der Waals surface area contributed by atoms with E-state index in [2.05, 4.69) is 10.3 Å². The molecule has 1 unspecified atom stereocenters. The van der Waals surface area contributed by atoms with Gasteiger partial charge >= 0.3 is 5.69 Å². The highest BCUT2D eigenvalue weighted by molar-refractivity contribution is 5.50. The fourth-order valence-electron chi connectivity index (χ4n) is 1.16. The highest BCUT2D eigenvalue weighted by atomic mass is 16.6. The van der Waals surface area contributed by atoms with Crippen molar-refractivity contribution in [1.29, 1.82) is 5.26 Å². The molecule has 0 aromatic carbocycles. The van der Waals surface area contributed by atoms with E-state index in [1.54, 1.807) is 6.07 Å². The predicted molar refractivity (Wildman–Crippen MR) is 62.4 cm³/mol. The van der Waals surface area contributed by atoms with Gasteiger partial charge in [0.05, 0.1) is 4.92 Å². The SMILES string of the molecule is CCC(N)CNc1ccc([N+](=O)[O-])c(C#N)n1. The van der Waals surface area contributed by atoms with Crippen LogP contribution in [0.3, 0.4) is 0 Å². The van der Waals surface area contributed by atoms with Crippen LogP contribution >= 0.6 is 0 Å². The standard InChI is InChI=1S/C10H13N5O2/c1-2-7(12)6-13-10-4-3-9(15(16)17)8(5-11)14-10/h3-4,7H,2,6,12H2,1H3,(H,13,14). The molecule has 0 radical (unpaired) electrons. The third-order valence-corrected chi connectivity index (χ3v) is 2.25. The van der Waals surface area contributed by atoms with Gasteiger partial charge in [-0.25, -0.2) is 4.98 Å². The average molecular weight is 235 g/mol. The Morgan fingerprint density at radius 3 is 2.94 bits per heavy atom. The molecule has 7 nitrogen and oxygen atoms in total. The fourth-order valence-corrected chi connectivity index (χ4v) is 1.16. The van der Waals surface area contributed by atoms with Crippen molar-refractivity contribution in [2.45, 2.75) is 19.4 Å². The lowest BCUT2D eigenvalue weighted by Gasteiger charge is -2.10. The molecule has 1 aromatic heterocycles. The van der Waals surface area contributed by atoms with Gasteiger partial charge in [-0.2, -0.15) is 5.26 Å². The number of anilines is 1. The van der Waals surface area contributed by atoms with Gasteiger partial charge in [-0.05, 0) is 12.5 Å². The number of hydrogen-bond donors (Lipinski definition) is 2. The van der Waals surface area contributed by atoms with Crippen molar-refractivity contribution in [3.05, 3.63) is 27.9 Å². The number of nitriles is 1. The summed E-state index contributed by atoms with van der Waals surface area (Å²) in [4.78, 5) is 13.8. The number of pyridine rings is 1. The molecule has 90 valence electrons. The van der Waals surface area contributed by atoms with E-state index in [9.17, 15) is 10.1 Å². The maximum atomic E-state index is 10.6. The molecule has 0 aliphatic heterocycles. The lowest BCUT2D eigenvalue weighted by atomic mass is 10.2. The summed E-state index contributed by atoms with van der Waals surface area (Å²) in [6.07, 6.45) is 0.811. The maximum absolute atomic E-state index is 10.6. The van der Waals surface area contributed by atoms with Gasteiger partial charge < -0.3 is 11.1 Å². The van der Waals surface area contributed by atoms with Gasteiger partial charge in [-0.3, -0.25) is 10.1 Å². The van der Waals surface area contributed by atoms with Crippen LogP contribution in [0.25, 0.3) is 0 Å². The summed E-state index contributed by atoms with van der Waals surface area (Å²) in [7, 11) is 0. The summed E-state index contributed by atoms with van der Waals surface area (Å²) in [5, 5.41) is 22.3. The Morgan fingerprint density at radius 2 is 2.41 bits per heavy atom. The second-order valence-electron chi connectivity index (χ2n) is 3.48. The molecular weight excluding hydrogens is 222 g/mol. The van der Waals surface area contributed by atoms with Crippen molar-refractivity contribution in [3.63, 3.8) is 0 Å². The Kier molecular flexibility index (Phi) is 4.37. The molecule has 0 bridgehead atoms. The zero-order valence-corrected chi connectivity index (χ0v) is 9.38. The number of nitro groups is 1. The Labute approximate surface area is 98.4 Å². The monoisotopic (exact) mass is 235 g/mol. The number of rotatable bonds is 5. The zero-order chi connectivity index (χ0) is 12.8. The molecule has 0 amide bonds. The zero-order valence-electron chi connectivity index (χ0n) is 9.38. The average Bonchev–Trinajstić information content (AvgIpc) is 2.35. The van der Waals surface area contributed by atoms with Crippen molar-refractivity contribution in [3.8, 4) is 6.07 Å². The number of nitrogens with zero attached hydrogens (tertiary/aromatic N) is 3. The first-order valence-electron chi connectivity index (χ1n) is 5.13. The number of nitrogens with one attached hydrogen (secondary N) is 1. The van der Waals surface area contributed by atoms with Crippen LogP contribution in [-0.2, 0) is 0 Å². The van der Waals surface area contributed by atoms with E-state index in [1.807, 2.05) is 6.92 Å². The summed E-state index contributed by atoms with van der Waals surface area (Å²) < 4.78 is 0. The van der Waals surface area contributed by atoms with Crippen molar-refractivity contribution in [1.82, 2.24) is 4.98 Å². The summed E-state index contributed by atoms with van der Waals surface area (Å²) in [5.41, 5.74) is 5.21. The Bertz CT molecular complexity index is 454. The van der Waals surface area contributed by atoms with E-state index < -0.39 is 4.92 Å². The molecule has 17 heavy (non-hydrogen) atoms. The van der Waals surface area contributed by atoms with E-state index in [-0.39, 0.29) is 17.4 Å². The summed E-state index contributed by atoms with van der Waals surface area (Å²) in [5.74, 6) is 0.413. The minimum absolute atomic E-state index is 0.0162. The molecule has 0 aliphatic rings. The van der Waals surface area contributed by atoms with Crippen LogP contribution in [0.5, 0.6) is 0 Å². The number of aromatic nitrogens is 1. The van der Waals surface area contributed by atoms with Gasteiger partial charge in [0.15, 0.2) is 0 Å². The molecule has 0 spiro atoms. The largest absolute Gasteiger partial charge is 0.368 e. The lowest BCUT2D eigenvalue weighted by molar-refractivity contribution is -0.385. The van der Waals surface area contributed by atoms with E-state index >= 15 is 0 Å². The van der Waals surface area contributed by atoms with Crippen LogP contribution in [0.2, 0.25) is 0 Å². The highest BCUT2D eigenvalue weighted by Crippen LogP contribution is 2.17. The molecule has 1 rings (SSSR count). The lowest BCUT2D eigenvalue weighted by Crippen LogP contribution is -2.28. The first-order valence-corrected chi connectivity index (χ1v) is 5.13. The van der Waals surface area contributed by atoms with Crippen LogP contribution in [0.1, 0.15) is 19.0 Å². The van der Waals surface area contributed by atoms with Gasteiger partial charge in [0.1, 0.15) is 11.9 Å². The van der Waals surface area contributed by atoms with Gasteiger partial charge in [0.2, 0.25) is 5.69 Å². The number of hydrogen-bond acceptors (Lipinski definition) is 6. The Hall–Kier alpha value is -2.20. The van der Waals surface area contributed by atoms with Gasteiger partial charge in [0, 0.05) is 18.7 Å². The number of nitrogens with two attached hydrogens (primary N) is 1. The molecule has 3 N–H and O–H groups in total. The third kappa shape index (κ3) is 3.39. The van der Waals surface area contributed by atoms with Crippen LogP contribution in [0.15, 0.2) is 12.1 Å². The van der Waals surface area contributed by atoms with Crippen LogP contribution in [0.4, 0.5) is 11.5 Å². The molecule has 7 heteroatoms. The Morgan fingerprint density at radius 1 is 1.71 bits per heavy atom. The third-order valence-electron chi connectivity index (χ3n) is 2.25. The molecule has 0 aliphatic carbocycles. The van der Waals surface area contributed by atoms with Crippen molar-refractivity contribution in [2.24, 2.45) is 5.73 Å². The van der Waals surface area contributed by atoms with Crippen LogP contribution in [0, 0.1) is 21.4 Å². The summed E-state index contributed by atoms with van der Waals surface area (Å²) in [6.45, 7) is 2.46.